The fraction of sp³-hybridized carbons (Fsp3) is 0.889. The molecule has 0 aromatic heterocycles. The van der Waals surface area contributed by atoms with Crippen molar-refractivity contribution >= 4 is 22.0 Å². The number of nitrogens with zero attached hydrogens (tertiary/aromatic N) is 1. The van der Waals surface area contributed by atoms with Gasteiger partial charge >= 0.3 is 5.97 Å². The third-order valence-corrected chi connectivity index (χ3v) is 5.27. The number of rotatable bonds is 11. The van der Waals surface area contributed by atoms with Gasteiger partial charge in [0.2, 0.25) is 5.91 Å². The van der Waals surface area contributed by atoms with Crippen molar-refractivity contribution in [2.24, 2.45) is 11.3 Å². The Morgan fingerprint density at radius 3 is 2.11 bits per heavy atom. The first-order valence-corrected chi connectivity index (χ1v) is 10.7. The molecule has 160 valence electrons. The van der Waals surface area contributed by atoms with Crippen LogP contribution in [0.15, 0.2) is 0 Å². The van der Waals surface area contributed by atoms with E-state index in [9.17, 15) is 22.6 Å². The van der Waals surface area contributed by atoms with E-state index in [1.807, 2.05) is 21.1 Å². The van der Waals surface area contributed by atoms with Gasteiger partial charge in [-0.05, 0) is 40.5 Å². The zero-order valence-electron chi connectivity index (χ0n) is 17.9. The molecule has 0 bridgehead atoms. The maximum atomic E-state index is 12.3. The Bertz CT molecular complexity index is 620. The summed E-state index contributed by atoms with van der Waals surface area (Å²) in [4.78, 5) is 24.6. The Morgan fingerprint density at radius 1 is 1.15 bits per heavy atom. The molecule has 8 nitrogen and oxygen atoms in total. The smallest absolute Gasteiger partial charge is 0.311 e. The minimum Gasteiger partial charge on any atom is -0.748 e. The second kappa shape index (κ2) is 9.34. The quantitative estimate of drug-likeness (QED) is 0.311. The van der Waals surface area contributed by atoms with Crippen LogP contribution in [0.25, 0.3) is 0 Å². The lowest BCUT2D eigenvalue weighted by Gasteiger charge is -2.30. The number of quaternary nitrogens is 1. The number of amides is 1. The third kappa shape index (κ3) is 12.0. The molecule has 27 heavy (non-hydrogen) atoms. The van der Waals surface area contributed by atoms with Gasteiger partial charge in [0, 0.05) is 11.5 Å². The van der Waals surface area contributed by atoms with Crippen molar-refractivity contribution < 1.29 is 31.8 Å². The van der Waals surface area contributed by atoms with Gasteiger partial charge in [-0.1, -0.05) is 6.92 Å². The molecule has 0 aliphatic rings. The van der Waals surface area contributed by atoms with E-state index in [0.717, 1.165) is 0 Å². The van der Waals surface area contributed by atoms with Gasteiger partial charge in [0.25, 0.3) is 0 Å². The lowest BCUT2D eigenvalue weighted by molar-refractivity contribution is -0.870. The first kappa shape index (κ1) is 25.8. The molecule has 9 heteroatoms. The first-order valence-electron chi connectivity index (χ1n) is 9.08. The molecule has 1 unspecified atom stereocenters. The summed E-state index contributed by atoms with van der Waals surface area (Å²) in [7, 11) is 1.59. The highest BCUT2D eigenvalue weighted by atomic mass is 32.2. The van der Waals surface area contributed by atoms with E-state index >= 15 is 0 Å². The number of ether oxygens (including phenoxy) is 1. The normalized spacial score (nSPS) is 14.6. The molecule has 1 amide bonds. The highest BCUT2D eigenvalue weighted by molar-refractivity contribution is 7.85. The summed E-state index contributed by atoms with van der Waals surface area (Å²) in [6.45, 7) is 9.28. The first-order chi connectivity index (χ1) is 11.8. The number of carbonyl (C=O) groups excluding carboxylic acids is 2. The van der Waals surface area contributed by atoms with Crippen LogP contribution in [0.4, 0.5) is 0 Å². The molecule has 0 spiro atoms. The molecule has 0 fully saturated rings. The van der Waals surface area contributed by atoms with Crippen molar-refractivity contribution in [3.8, 4) is 0 Å². The Kier molecular flexibility index (Phi) is 8.93. The molecule has 0 rings (SSSR count). The number of esters is 1. The lowest BCUT2D eigenvalue weighted by Crippen LogP contribution is -2.50. The van der Waals surface area contributed by atoms with Gasteiger partial charge in [-0.15, -0.1) is 0 Å². The standard InChI is InChI=1S/C18H36N2O6S/c1-14(15(21)19-18(4,5)13-27(23,24)25)9-10-17(2,3)16(22)26-12-11-20(6,7)8/h14H,9-13H2,1-8H3,(H-,19,21,23,24,25). The van der Waals surface area contributed by atoms with Crippen LogP contribution < -0.4 is 5.32 Å². The number of hydrogen-bond donors (Lipinski definition) is 1. The van der Waals surface area contributed by atoms with Crippen LogP contribution in [0, 0.1) is 11.3 Å². The lowest BCUT2D eigenvalue weighted by atomic mass is 9.84. The van der Waals surface area contributed by atoms with E-state index < -0.39 is 32.7 Å². The minimum atomic E-state index is -4.45. The predicted molar refractivity (Wildman–Crippen MR) is 103 cm³/mol. The maximum absolute atomic E-state index is 12.3. The van der Waals surface area contributed by atoms with Gasteiger partial charge < -0.3 is 19.1 Å². The van der Waals surface area contributed by atoms with E-state index in [1.165, 1.54) is 13.8 Å². The molecule has 1 N–H and O–H groups in total. The average molecular weight is 409 g/mol. The van der Waals surface area contributed by atoms with E-state index in [4.69, 9.17) is 4.74 Å². The average Bonchev–Trinajstić information content (AvgIpc) is 2.39. The number of hydrogen-bond acceptors (Lipinski definition) is 6. The van der Waals surface area contributed by atoms with E-state index in [-0.39, 0.29) is 11.9 Å². The highest BCUT2D eigenvalue weighted by Gasteiger charge is 2.32. The van der Waals surface area contributed by atoms with Crippen molar-refractivity contribution in [3.05, 3.63) is 0 Å². The molecule has 0 saturated carbocycles. The van der Waals surface area contributed by atoms with Crippen molar-refractivity contribution in [3.63, 3.8) is 0 Å². The summed E-state index contributed by atoms with van der Waals surface area (Å²) in [6, 6.07) is 0. The second-order valence-corrected chi connectivity index (χ2v) is 11.0. The minimum absolute atomic E-state index is 0.304. The van der Waals surface area contributed by atoms with Gasteiger partial charge in [-0.2, -0.15) is 0 Å². The summed E-state index contributed by atoms with van der Waals surface area (Å²) >= 11 is 0. The van der Waals surface area contributed by atoms with Crippen LogP contribution >= 0.6 is 0 Å². The molecule has 0 aromatic carbocycles. The Labute approximate surface area is 164 Å². The molecule has 0 heterocycles. The van der Waals surface area contributed by atoms with Crippen molar-refractivity contribution in [2.45, 2.75) is 53.0 Å². The van der Waals surface area contributed by atoms with Crippen LogP contribution in [-0.2, 0) is 24.4 Å². The largest absolute Gasteiger partial charge is 0.748 e. The third-order valence-electron chi connectivity index (χ3n) is 4.20. The molecular formula is C18H36N2O6S. The van der Waals surface area contributed by atoms with Gasteiger partial charge in [0.05, 0.1) is 42.4 Å². The topological polar surface area (TPSA) is 113 Å². The molecule has 0 radical (unpaired) electrons. The van der Waals surface area contributed by atoms with Crippen LogP contribution in [0.3, 0.4) is 0 Å². The zero-order chi connectivity index (χ0) is 21.7. The molecule has 1 atom stereocenters. The SMILES string of the molecule is CC(CCC(C)(C)C(=O)OCC[N+](C)(C)C)C(=O)NC(C)(C)CS(=O)(=O)[O-]. The molecule has 0 aromatic rings. The Hall–Kier alpha value is -1.19. The Balaban J connectivity index is 4.58. The number of likely N-dealkylation sites (N-methyl/N-ethyl adjacent to an activating group) is 1. The summed E-state index contributed by atoms with van der Waals surface area (Å²) in [5.74, 6) is -1.76. The van der Waals surface area contributed by atoms with Crippen molar-refractivity contribution in [1.82, 2.24) is 5.32 Å². The van der Waals surface area contributed by atoms with Crippen molar-refractivity contribution in [2.75, 3.05) is 40.0 Å². The van der Waals surface area contributed by atoms with Crippen LogP contribution in [0.2, 0.25) is 0 Å². The van der Waals surface area contributed by atoms with Gasteiger partial charge in [-0.25, -0.2) is 8.42 Å². The molecule has 0 aliphatic heterocycles. The Morgan fingerprint density at radius 2 is 1.67 bits per heavy atom. The van der Waals surface area contributed by atoms with Gasteiger partial charge in [0.1, 0.15) is 13.2 Å². The second-order valence-electron chi connectivity index (χ2n) is 9.55. The highest BCUT2D eigenvalue weighted by Crippen LogP contribution is 2.27. The van der Waals surface area contributed by atoms with E-state index in [1.54, 1.807) is 20.8 Å². The summed E-state index contributed by atoms with van der Waals surface area (Å²) in [5, 5.41) is 2.59. The van der Waals surface area contributed by atoms with Gasteiger partial charge in [0.15, 0.2) is 0 Å². The van der Waals surface area contributed by atoms with E-state index in [0.29, 0.717) is 30.5 Å². The van der Waals surface area contributed by atoms with E-state index in [2.05, 4.69) is 5.32 Å². The van der Waals surface area contributed by atoms with Crippen LogP contribution in [0.5, 0.6) is 0 Å². The zero-order valence-corrected chi connectivity index (χ0v) is 18.7. The monoisotopic (exact) mass is 408 g/mol. The van der Waals surface area contributed by atoms with Gasteiger partial charge in [-0.3, -0.25) is 9.59 Å². The molecule has 0 aliphatic carbocycles. The molecule has 0 saturated heterocycles. The summed E-state index contributed by atoms with van der Waals surface area (Å²) in [6.07, 6.45) is 0.883. The fourth-order valence-corrected chi connectivity index (χ4v) is 3.31. The van der Waals surface area contributed by atoms with Crippen LogP contribution in [0.1, 0.15) is 47.5 Å². The maximum Gasteiger partial charge on any atom is 0.311 e. The number of carbonyl (C=O) groups is 2. The molecular weight excluding hydrogens is 372 g/mol. The number of nitrogens with one attached hydrogen (secondary N) is 1. The van der Waals surface area contributed by atoms with Crippen molar-refractivity contribution in [1.29, 1.82) is 0 Å². The fourth-order valence-electron chi connectivity index (χ4n) is 2.35. The predicted octanol–water partition coefficient (Wildman–Crippen LogP) is 1.12. The summed E-state index contributed by atoms with van der Waals surface area (Å²) in [5.41, 5.74) is -1.88. The van der Waals surface area contributed by atoms with Crippen LogP contribution in [-0.4, -0.2) is 74.9 Å². The summed E-state index contributed by atoms with van der Waals surface area (Å²) < 4.78 is 38.8.